The topological polar surface area (TPSA) is 66.8 Å². The second kappa shape index (κ2) is 8.82. The number of benzene rings is 1. The zero-order valence-electron chi connectivity index (χ0n) is 17.8. The first-order valence-corrected chi connectivity index (χ1v) is 9.97. The highest BCUT2D eigenvalue weighted by atomic mass is 16.5. The van der Waals surface area contributed by atoms with E-state index in [2.05, 4.69) is 18.4 Å². The van der Waals surface area contributed by atoms with Crippen molar-refractivity contribution < 1.29 is 19.0 Å². The lowest BCUT2D eigenvalue weighted by Crippen LogP contribution is -2.27. The van der Waals surface area contributed by atoms with Crippen molar-refractivity contribution in [1.82, 2.24) is 4.57 Å². The predicted octanol–water partition coefficient (Wildman–Crippen LogP) is 3.90. The SMILES string of the molecule is COCCCOc1cc2c(cc1OC)-c1cc(=O)c(C(C)=O)cn1C(C(C)C)C2. The first kappa shape index (κ1) is 21.1. The molecule has 6 heteroatoms. The number of ketones is 1. The molecule has 2 aromatic rings. The fourth-order valence-corrected chi connectivity index (χ4v) is 3.85. The van der Waals surface area contributed by atoms with Crippen LogP contribution >= 0.6 is 0 Å². The first-order valence-electron chi connectivity index (χ1n) is 9.97. The van der Waals surface area contributed by atoms with E-state index in [4.69, 9.17) is 14.2 Å². The summed E-state index contributed by atoms with van der Waals surface area (Å²) >= 11 is 0. The maximum Gasteiger partial charge on any atom is 0.192 e. The van der Waals surface area contributed by atoms with Crippen molar-refractivity contribution in [1.29, 1.82) is 0 Å². The van der Waals surface area contributed by atoms with Gasteiger partial charge in [0.25, 0.3) is 0 Å². The molecule has 0 saturated carbocycles. The summed E-state index contributed by atoms with van der Waals surface area (Å²) in [5.74, 6) is 1.44. The highest BCUT2D eigenvalue weighted by Crippen LogP contribution is 2.42. The minimum atomic E-state index is -0.252. The van der Waals surface area contributed by atoms with Gasteiger partial charge in [-0.15, -0.1) is 0 Å². The summed E-state index contributed by atoms with van der Waals surface area (Å²) in [6.07, 6.45) is 3.30. The van der Waals surface area contributed by atoms with Gasteiger partial charge in [-0.1, -0.05) is 13.8 Å². The van der Waals surface area contributed by atoms with Crippen LogP contribution in [0.4, 0.5) is 0 Å². The van der Waals surface area contributed by atoms with Crippen LogP contribution in [0, 0.1) is 5.92 Å². The molecule has 1 aliphatic heterocycles. The summed E-state index contributed by atoms with van der Waals surface area (Å²) in [7, 11) is 3.28. The van der Waals surface area contributed by atoms with Crippen LogP contribution in [-0.4, -0.2) is 37.8 Å². The standard InChI is InChI=1S/C23H29NO5/c1-14(2)19-9-16-10-23(29-8-6-7-27-4)22(28-5)11-17(16)20-12-21(26)18(15(3)25)13-24(19)20/h10-14,19H,6-9H2,1-5H3. The molecule has 1 atom stereocenters. The summed E-state index contributed by atoms with van der Waals surface area (Å²) in [5, 5.41) is 0. The van der Waals surface area contributed by atoms with Gasteiger partial charge in [0.05, 0.1) is 25.0 Å². The zero-order valence-corrected chi connectivity index (χ0v) is 17.8. The van der Waals surface area contributed by atoms with Crippen molar-refractivity contribution in [3.63, 3.8) is 0 Å². The maximum atomic E-state index is 12.5. The van der Waals surface area contributed by atoms with E-state index >= 15 is 0 Å². The number of Topliss-reactive ketones (excluding diaryl/α,β-unsaturated/α-hetero) is 1. The summed E-state index contributed by atoms with van der Waals surface area (Å²) in [4.78, 5) is 24.4. The van der Waals surface area contributed by atoms with Gasteiger partial charge in [-0.3, -0.25) is 9.59 Å². The van der Waals surface area contributed by atoms with Gasteiger partial charge in [0.2, 0.25) is 0 Å². The van der Waals surface area contributed by atoms with E-state index in [-0.39, 0.29) is 22.8 Å². The molecule has 6 nitrogen and oxygen atoms in total. The third-order valence-corrected chi connectivity index (χ3v) is 5.43. The van der Waals surface area contributed by atoms with E-state index in [1.807, 2.05) is 12.1 Å². The number of aromatic nitrogens is 1. The monoisotopic (exact) mass is 399 g/mol. The number of rotatable bonds is 8. The van der Waals surface area contributed by atoms with Gasteiger partial charge in [-0.2, -0.15) is 0 Å². The Morgan fingerprint density at radius 2 is 1.93 bits per heavy atom. The summed E-state index contributed by atoms with van der Waals surface area (Å²) in [6.45, 7) is 6.90. The molecule has 2 heterocycles. The minimum Gasteiger partial charge on any atom is -0.493 e. The highest BCUT2D eigenvalue weighted by molar-refractivity contribution is 5.94. The molecule has 156 valence electrons. The second-order valence-electron chi connectivity index (χ2n) is 7.77. The van der Waals surface area contributed by atoms with Crippen molar-refractivity contribution in [2.24, 2.45) is 5.92 Å². The summed E-state index contributed by atoms with van der Waals surface area (Å²) in [5.41, 5.74) is 2.84. The summed E-state index contributed by atoms with van der Waals surface area (Å²) < 4.78 is 18.6. The molecular weight excluding hydrogens is 370 g/mol. The molecule has 0 bridgehead atoms. The number of fused-ring (bicyclic) bond motifs is 3. The molecule has 1 aromatic carbocycles. The van der Waals surface area contributed by atoms with Crippen molar-refractivity contribution in [2.45, 2.75) is 39.7 Å². The van der Waals surface area contributed by atoms with Crippen molar-refractivity contribution in [3.8, 4) is 22.8 Å². The van der Waals surface area contributed by atoms with Crippen LogP contribution in [0.3, 0.4) is 0 Å². The van der Waals surface area contributed by atoms with Crippen LogP contribution in [0.2, 0.25) is 0 Å². The fraction of sp³-hybridized carbons (Fsp3) is 0.478. The van der Waals surface area contributed by atoms with Crippen LogP contribution in [-0.2, 0) is 11.2 Å². The second-order valence-corrected chi connectivity index (χ2v) is 7.77. The normalized spacial score (nSPS) is 15.0. The molecule has 0 radical (unpaired) electrons. The number of methoxy groups -OCH3 is 2. The van der Waals surface area contributed by atoms with Crippen LogP contribution in [0.5, 0.6) is 11.5 Å². The molecule has 0 fully saturated rings. The maximum absolute atomic E-state index is 12.5. The molecular formula is C23H29NO5. The molecule has 3 rings (SSSR count). The third-order valence-electron chi connectivity index (χ3n) is 5.43. The highest BCUT2D eigenvalue weighted by Gasteiger charge is 2.29. The Bertz CT molecular complexity index is 960. The van der Waals surface area contributed by atoms with Gasteiger partial charge >= 0.3 is 0 Å². The van der Waals surface area contributed by atoms with Gasteiger partial charge in [0.1, 0.15) is 0 Å². The quantitative estimate of drug-likeness (QED) is 0.498. The number of carbonyl (C=O) groups is 1. The number of nitrogens with zero attached hydrogens (tertiary/aromatic N) is 1. The van der Waals surface area contributed by atoms with E-state index in [9.17, 15) is 9.59 Å². The fourth-order valence-electron chi connectivity index (χ4n) is 3.85. The Morgan fingerprint density at radius 1 is 1.17 bits per heavy atom. The number of hydrogen-bond donors (Lipinski definition) is 0. The van der Waals surface area contributed by atoms with E-state index < -0.39 is 0 Å². The Kier molecular flexibility index (Phi) is 6.42. The molecule has 0 spiro atoms. The molecule has 1 aliphatic rings. The molecule has 1 unspecified atom stereocenters. The number of hydrogen-bond acceptors (Lipinski definition) is 5. The smallest absolute Gasteiger partial charge is 0.192 e. The van der Waals surface area contributed by atoms with Crippen molar-refractivity contribution >= 4 is 5.78 Å². The molecule has 0 N–H and O–H groups in total. The van der Waals surface area contributed by atoms with Crippen LogP contribution in [0.1, 0.15) is 49.2 Å². The van der Waals surface area contributed by atoms with Crippen LogP contribution < -0.4 is 14.9 Å². The van der Waals surface area contributed by atoms with E-state index in [0.29, 0.717) is 30.6 Å². The van der Waals surface area contributed by atoms with E-state index in [1.54, 1.807) is 26.5 Å². The van der Waals surface area contributed by atoms with Crippen LogP contribution in [0.25, 0.3) is 11.3 Å². The molecule has 0 aliphatic carbocycles. The molecule has 1 aromatic heterocycles. The average molecular weight is 399 g/mol. The Morgan fingerprint density at radius 3 is 2.55 bits per heavy atom. The molecule has 0 amide bonds. The Balaban J connectivity index is 2.10. The van der Waals surface area contributed by atoms with E-state index in [1.165, 1.54) is 6.92 Å². The first-order chi connectivity index (χ1) is 13.9. The van der Waals surface area contributed by atoms with Crippen LogP contribution in [0.15, 0.2) is 29.2 Å². The lowest BCUT2D eigenvalue weighted by atomic mass is 9.87. The molecule has 29 heavy (non-hydrogen) atoms. The van der Waals surface area contributed by atoms with Gasteiger partial charge in [-0.25, -0.2) is 0 Å². The largest absolute Gasteiger partial charge is 0.493 e. The predicted molar refractivity (Wildman–Crippen MR) is 112 cm³/mol. The van der Waals surface area contributed by atoms with Crippen molar-refractivity contribution in [2.75, 3.05) is 27.4 Å². The lowest BCUT2D eigenvalue weighted by Gasteiger charge is -2.34. The summed E-state index contributed by atoms with van der Waals surface area (Å²) in [6, 6.07) is 5.66. The van der Waals surface area contributed by atoms with Crippen molar-refractivity contribution in [3.05, 3.63) is 45.7 Å². The number of ether oxygens (including phenoxy) is 3. The van der Waals surface area contributed by atoms with Gasteiger partial charge in [0, 0.05) is 44.0 Å². The zero-order chi connectivity index (χ0) is 21.1. The van der Waals surface area contributed by atoms with Gasteiger partial charge in [-0.05, 0) is 37.0 Å². The molecule has 0 saturated heterocycles. The minimum absolute atomic E-state index is 0.144. The number of carbonyl (C=O) groups excluding carboxylic acids is 1. The third kappa shape index (κ3) is 4.22. The lowest BCUT2D eigenvalue weighted by molar-refractivity contribution is 0.101. The Labute approximate surface area is 171 Å². The average Bonchev–Trinajstić information content (AvgIpc) is 2.69. The number of pyridine rings is 1. The van der Waals surface area contributed by atoms with Gasteiger partial charge in [0.15, 0.2) is 22.7 Å². The Hall–Kier alpha value is -2.60. The van der Waals surface area contributed by atoms with E-state index in [0.717, 1.165) is 29.7 Å². The van der Waals surface area contributed by atoms with Gasteiger partial charge < -0.3 is 18.8 Å².